The van der Waals surface area contributed by atoms with Gasteiger partial charge in [0.15, 0.2) is 0 Å². The summed E-state index contributed by atoms with van der Waals surface area (Å²) in [6.07, 6.45) is 6.91. The predicted octanol–water partition coefficient (Wildman–Crippen LogP) is 4.16. The van der Waals surface area contributed by atoms with Gasteiger partial charge in [-0.1, -0.05) is 27.2 Å². The molecule has 0 aliphatic heterocycles. The van der Waals surface area contributed by atoms with Crippen LogP contribution in [0, 0.1) is 12.3 Å². The van der Waals surface area contributed by atoms with Crippen LogP contribution < -0.4 is 5.73 Å². The van der Waals surface area contributed by atoms with Crippen molar-refractivity contribution in [3.8, 4) is 0 Å². The maximum absolute atomic E-state index is 6.69. The van der Waals surface area contributed by atoms with Gasteiger partial charge in [-0.15, -0.1) is 11.3 Å². The predicted molar refractivity (Wildman–Crippen MR) is 79.0 cm³/mol. The Balaban J connectivity index is 2.24. The summed E-state index contributed by atoms with van der Waals surface area (Å²) in [5.41, 5.74) is 8.20. The van der Waals surface area contributed by atoms with Gasteiger partial charge in [0, 0.05) is 4.88 Å². The normalized spacial score (nSPS) is 28.1. The Morgan fingerprint density at radius 2 is 1.94 bits per heavy atom. The number of aryl methyl sites for hydroxylation is 2. The molecule has 0 aromatic carbocycles. The van der Waals surface area contributed by atoms with Crippen molar-refractivity contribution in [3.05, 3.63) is 15.6 Å². The van der Waals surface area contributed by atoms with E-state index in [0.29, 0.717) is 5.41 Å². The Kier molecular flexibility index (Phi) is 3.84. The lowest BCUT2D eigenvalue weighted by molar-refractivity contribution is 0.299. The second kappa shape index (κ2) is 4.93. The molecular formula is C15H26N2S. The SMILES string of the molecule is CCc1nc(C2(N)CCCC(C)(C)CC2)sc1C. The van der Waals surface area contributed by atoms with Crippen LogP contribution in [-0.4, -0.2) is 4.98 Å². The highest BCUT2D eigenvalue weighted by molar-refractivity contribution is 7.11. The molecule has 1 atom stereocenters. The number of aromatic nitrogens is 1. The van der Waals surface area contributed by atoms with Gasteiger partial charge in [0.25, 0.3) is 0 Å². The summed E-state index contributed by atoms with van der Waals surface area (Å²) in [6.45, 7) is 9.07. The van der Waals surface area contributed by atoms with Crippen molar-refractivity contribution in [2.45, 2.75) is 71.8 Å². The molecule has 1 aromatic rings. The molecule has 102 valence electrons. The van der Waals surface area contributed by atoms with Gasteiger partial charge in [-0.25, -0.2) is 4.98 Å². The van der Waals surface area contributed by atoms with E-state index in [1.807, 2.05) is 11.3 Å². The average Bonchev–Trinajstić information content (AvgIpc) is 2.62. The second-order valence-electron chi connectivity index (χ2n) is 6.55. The minimum Gasteiger partial charge on any atom is -0.319 e. The molecule has 0 amide bonds. The molecule has 2 rings (SSSR count). The van der Waals surface area contributed by atoms with Crippen LogP contribution in [-0.2, 0) is 12.0 Å². The number of nitrogens with zero attached hydrogens (tertiary/aromatic N) is 1. The third-order valence-electron chi connectivity index (χ3n) is 4.38. The molecule has 18 heavy (non-hydrogen) atoms. The molecule has 1 aliphatic rings. The zero-order chi connectivity index (χ0) is 13.4. The fourth-order valence-electron chi connectivity index (χ4n) is 2.88. The summed E-state index contributed by atoms with van der Waals surface area (Å²) >= 11 is 1.82. The molecule has 2 nitrogen and oxygen atoms in total. The molecule has 1 aromatic heterocycles. The number of hydrogen-bond acceptors (Lipinski definition) is 3. The summed E-state index contributed by atoms with van der Waals surface area (Å²) in [5, 5.41) is 1.18. The van der Waals surface area contributed by atoms with Crippen LogP contribution in [0.1, 0.15) is 68.5 Å². The number of rotatable bonds is 2. The summed E-state index contributed by atoms with van der Waals surface area (Å²) in [4.78, 5) is 6.15. The lowest BCUT2D eigenvalue weighted by Gasteiger charge is -2.27. The van der Waals surface area contributed by atoms with E-state index in [0.717, 1.165) is 19.3 Å². The summed E-state index contributed by atoms with van der Waals surface area (Å²) in [5.74, 6) is 0. The highest BCUT2D eigenvalue weighted by Gasteiger charge is 2.36. The number of nitrogens with two attached hydrogens (primary N) is 1. The van der Waals surface area contributed by atoms with Crippen molar-refractivity contribution in [2.75, 3.05) is 0 Å². The van der Waals surface area contributed by atoms with Crippen LogP contribution in [0.3, 0.4) is 0 Å². The Morgan fingerprint density at radius 3 is 2.56 bits per heavy atom. The fourth-order valence-corrected chi connectivity index (χ4v) is 4.04. The van der Waals surface area contributed by atoms with Crippen molar-refractivity contribution in [2.24, 2.45) is 11.1 Å². The molecule has 1 saturated carbocycles. The van der Waals surface area contributed by atoms with Gasteiger partial charge in [0.2, 0.25) is 0 Å². The van der Waals surface area contributed by atoms with E-state index in [1.165, 1.54) is 34.8 Å². The number of hydrogen-bond donors (Lipinski definition) is 1. The zero-order valence-electron chi connectivity index (χ0n) is 12.2. The van der Waals surface area contributed by atoms with E-state index in [-0.39, 0.29) is 5.54 Å². The highest BCUT2D eigenvalue weighted by Crippen LogP contribution is 2.42. The molecule has 1 aliphatic carbocycles. The second-order valence-corrected chi connectivity index (χ2v) is 7.75. The molecule has 1 unspecified atom stereocenters. The molecule has 1 heterocycles. The summed E-state index contributed by atoms with van der Waals surface area (Å²) in [6, 6.07) is 0. The molecule has 2 N–H and O–H groups in total. The van der Waals surface area contributed by atoms with Crippen LogP contribution in [0.4, 0.5) is 0 Å². The van der Waals surface area contributed by atoms with Gasteiger partial charge >= 0.3 is 0 Å². The van der Waals surface area contributed by atoms with E-state index in [4.69, 9.17) is 10.7 Å². The van der Waals surface area contributed by atoms with Crippen molar-refractivity contribution in [3.63, 3.8) is 0 Å². The molecular weight excluding hydrogens is 240 g/mol. The minimum absolute atomic E-state index is 0.170. The molecule has 0 spiro atoms. The lowest BCUT2D eigenvalue weighted by Crippen LogP contribution is -2.36. The first-order valence-corrected chi connectivity index (χ1v) is 7.94. The average molecular weight is 266 g/mol. The maximum atomic E-state index is 6.69. The van der Waals surface area contributed by atoms with Crippen LogP contribution in [0.2, 0.25) is 0 Å². The molecule has 3 heteroatoms. The summed E-state index contributed by atoms with van der Waals surface area (Å²) in [7, 11) is 0. The Labute approximate surface area is 115 Å². The van der Waals surface area contributed by atoms with Gasteiger partial charge in [0.1, 0.15) is 5.01 Å². The molecule has 0 radical (unpaired) electrons. The summed E-state index contributed by atoms with van der Waals surface area (Å²) < 4.78 is 0. The highest BCUT2D eigenvalue weighted by atomic mass is 32.1. The quantitative estimate of drug-likeness (QED) is 0.816. The van der Waals surface area contributed by atoms with Crippen LogP contribution in [0.25, 0.3) is 0 Å². The fraction of sp³-hybridized carbons (Fsp3) is 0.800. The first-order chi connectivity index (χ1) is 8.36. The zero-order valence-corrected chi connectivity index (χ0v) is 13.0. The Hall–Kier alpha value is -0.410. The largest absolute Gasteiger partial charge is 0.319 e. The van der Waals surface area contributed by atoms with E-state index in [2.05, 4.69) is 27.7 Å². The lowest BCUT2D eigenvalue weighted by atomic mass is 9.84. The van der Waals surface area contributed by atoms with Crippen LogP contribution >= 0.6 is 11.3 Å². The standard InChI is InChI=1S/C15H26N2S/c1-5-12-11(2)18-13(17-12)15(16)8-6-7-14(3,4)9-10-15/h5-10,16H2,1-4H3. The maximum Gasteiger partial charge on any atom is 0.113 e. The molecule has 0 bridgehead atoms. The van der Waals surface area contributed by atoms with Crippen molar-refractivity contribution in [1.29, 1.82) is 0 Å². The third-order valence-corrected chi connectivity index (χ3v) is 5.61. The van der Waals surface area contributed by atoms with E-state index in [9.17, 15) is 0 Å². The molecule has 0 saturated heterocycles. The monoisotopic (exact) mass is 266 g/mol. The van der Waals surface area contributed by atoms with Crippen molar-refractivity contribution < 1.29 is 0 Å². The van der Waals surface area contributed by atoms with Crippen molar-refractivity contribution in [1.82, 2.24) is 4.98 Å². The van der Waals surface area contributed by atoms with Crippen LogP contribution in [0.5, 0.6) is 0 Å². The molecule has 1 fully saturated rings. The van der Waals surface area contributed by atoms with Crippen molar-refractivity contribution >= 4 is 11.3 Å². The number of thiazole rings is 1. The van der Waals surface area contributed by atoms with E-state index < -0.39 is 0 Å². The third kappa shape index (κ3) is 2.77. The van der Waals surface area contributed by atoms with Gasteiger partial charge in [0.05, 0.1) is 11.2 Å². The van der Waals surface area contributed by atoms with Gasteiger partial charge in [-0.05, 0) is 44.4 Å². The Bertz CT molecular complexity index is 422. The van der Waals surface area contributed by atoms with Crippen LogP contribution in [0.15, 0.2) is 0 Å². The van der Waals surface area contributed by atoms with E-state index >= 15 is 0 Å². The topological polar surface area (TPSA) is 38.9 Å². The van der Waals surface area contributed by atoms with E-state index in [1.54, 1.807) is 0 Å². The first-order valence-electron chi connectivity index (χ1n) is 7.12. The Morgan fingerprint density at radius 1 is 1.22 bits per heavy atom. The van der Waals surface area contributed by atoms with Gasteiger partial charge < -0.3 is 5.73 Å². The first kappa shape index (κ1) is 14.0. The smallest absolute Gasteiger partial charge is 0.113 e. The van der Waals surface area contributed by atoms with Gasteiger partial charge in [-0.2, -0.15) is 0 Å². The minimum atomic E-state index is -0.170. The van der Waals surface area contributed by atoms with Gasteiger partial charge in [-0.3, -0.25) is 0 Å².